The first kappa shape index (κ1) is 20.5. The van der Waals surface area contributed by atoms with E-state index in [1.807, 2.05) is 0 Å². The number of hydrogen-bond acceptors (Lipinski definition) is 7. The SMILES string of the molecule is CCS(=O)(=O)OCCN1C(OO)CCOP1(=O)N(C)CCBr. The molecule has 1 saturated heterocycles. The van der Waals surface area contributed by atoms with E-state index in [0.29, 0.717) is 18.3 Å². The minimum Gasteiger partial charge on any atom is -0.306 e. The van der Waals surface area contributed by atoms with Crippen molar-refractivity contribution in [1.82, 2.24) is 9.34 Å². The van der Waals surface area contributed by atoms with Gasteiger partial charge in [0.1, 0.15) is 0 Å². The molecule has 0 radical (unpaired) electrons. The van der Waals surface area contributed by atoms with Crippen LogP contribution >= 0.6 is 23.6 Å². The fourth-order valence-electron chi connectivity index (χ4n) is 1.92. The zero-order valence-corrected chi connectivity index (χ0v) is 15.8. The molecule has 0 aromatic carbocycles. The van der Waals surface area contributed by atoms with Crippen molar-refractivity contribution in [2.75, 3.05) is 44.4 Å². The molecule has 1 fully saturated rings. The minimum atomic E-state index is -3.59. The Bertz CT molecular complexity index is 492. The molecule has 1 aliphatic heterocycles. The Hall–Kier alpha value is 0.420. The van der Waals surface area contributed by atoms with Gasteiger partial charge in [0.25, 0.3) is 10.1 Å². The van der Waals surface area contributed by atoms with Gasteiger partial charge in [-0.3, -0.25) is 14.0 Å². The van der Waals surface area contributed by atoms with Crippen molar-refractivity contribution in [3.8, 4) is 0 Å². The number of rotatable bonds is 9. The van der Waals surface area contributed by atoms with Crippen LogP contribution in [0.4, 0.5) is 0 Å². The first-order valence-electron chi connectivity index (χ1n) is 6.77. The molecule has 2 atom stereocenters. The van der Waals surface area contributed by atoms with Crippen molar-refractivity contribution >= 4 is 33.7 Å². The molecule has 2 unspecified atom stereocenters. The first-order chi connectivity index (χ1) is 10.3. The molecule has 1 N–H and O–H groups in total. The summed E-state index contributed by atoms with van der Waals surface area (Å²) in [6, 6.07) is 0. The normalized spacial score (nSPS) is 27.4. The fraction of sp³-hybridized carbons (Fsp3) is 1.00. The second-order valence-corrected chi connectivity index (χ2v) is 9.73. The van der Waals surface area contributed by atoms with Crippen LogP contribution in [0.2, 0.25) is 0 Å². The standard InChI is InChI=1S/C10H22BrN2O7PS/c1-3-22(16,17)19-9-7-13-10(20-14)4-8-18-21(13,15)12(2)6-5-11/h10,14H,3-9H2,1-2H3. The summed E-state index contributed by atoms with van der Waals surface area (Å²) in [6.45, 7) is 1.85. The molecule has 12 heteroatoms. The van der Waals surface area contributed by atoms with Gasteiger partial charge < -0.3 is 4.52 Å². The fourth-order valence-corrected chi connectivity index (χ4v) is 5.47. The van der Waals surface area contributed by atoms with Crippen LogP contribution in [0.3, 0.4) is 0 Å². The van der Waals surface area contributed by atoms with Crippen molar-refractivity contribution < 1.29 is 31.8 Å². The lowest BCUT2D eigenvalue weighted by Crippen LogP contribution is -2.45. The van der Waals surface area contributed by atoms with Crippen LogP contribution in [0.15, 0.2) is 0 Å². The molecule has 1 heterocycles. The zero-order chi connectivity index (χ0) is 16.8. The van der Waals surface area contributed by atoms with Gasteiger partial charge in [-0.25, -0.2) is 9.56 Å². The highest BCUT2D eigenvalue weighted by Gasteiger charge is 2.44. The second kappa shape index (κ2) is 9.05. The van der Waals surface area contributed by atoms with E-state index in [4.69, 9.17) is 14.0 Å². The van der Waals surface area contributed by atoms with Crippen LogP contribution in [0.25, 0.3) is 0 Å². The maximum atomic E-state index is 13.1. The molecule has 0 aliphatic carbocycles. The summed E-state index contributed by atoms with van der Waals surface area (Å²) in [5.74, 6) is -0.148. The maximum absolute atomic E-state index is 13.1. The third-order valence-electron chi connectivity index (χ3n) is 3.18. The van der Waals surface area contributed by atoms with Gasteiger partial charge in [-0.2, -0.15) is 13.1 Å². The van der Waals surface area contributed by atoms with Crippen molar-refractivity contribution in [2.24, 2.45) is 0 Å². The summed E-state index contributed by atoms with van der Waals surface area (Å²) in [7, 11) is -5.39. The molecule has 0 saturated carbocycles. The highest BCUT2D eigenvalue weighted by molar-refractivity contribution is 9.09. The van der Waals surface area contributed by atoms with Crippen molar-refractivity contribution in [2.45, 2.75) is 19.6 Å². The predicted molar refractivity (Wildman–Crippen MR) is 84.2 cm³/mol. The van der Waals surface area contributed by atoms with E-state index < -0.39 is 24.0 Å². The molecule has 1 aliphatic rings. The van der Waals surface area contributed by atoms with Crippen LogP contribution in [-0.2, 0) is 28.3 Å². The van der Waals surface area contributed by atoms with Crippen LogP contribution in [-0.4, -0.2) is 73.7 Å². The molecule has 132 valence electrons. The summed E-state index contributed by atoms with van der Waals surface area (Å²) in [5, 5.41) is 9.58. The average molecular weight is 425 g/mol. The highest BCUT2D eigenvalue weighted by atomic mass is 79.9. The van der Waals surface area contributed by atoms with E-state index in [9.17, 15) is 13.0 Å². The summed E-state index contributed by atoms with van der Waals surface area (Å²) >= 11 is 3.26. The molecule has 22 heavy (non-hydrogen) atoms. The highest BCUT2D eigenvalue weighted by Crippen LogP contribution is 2.57. The Labute approximate surface area is 139 Å². The molecule has 1 rings (SSSR count). The smallest absolute Gasteiger partial charge is 0.306 e. The molecule has 0 bridgehead atoms. The average Bonchev–Trinajstić information content (AvgIpc) is 2.49. The van der Waals surface area contributed by atoms with Gasteiger partial charge in [-0.05, 0) is 14.0 Å². The van der Waals surface area contributed by atoms with Crippen LogP contribution in [0.1, 0.15) is 13.3 Å². The molecular formula is C10H22BrN2O7PS. The van der Waals surface area contributed by atoms with Gasteiger partial charge in [0, 0.05) is 24.8 Å². The molecule has 0 spiro atoms. The first-order valence-corrected chi connectivity index (χ1v) is 11.0. The number of nitrogens with zero attached hydrogens (tertiary/aromatic N) is 2. The van der Waals surface area contributed by atoms with E-state index in [-0.39, 0.29) is 25.5 Å². The molecule has 0 aromatic heterocycles. The lowest BCUT2D eigenvalue weighted by atomic mass is 10.4. The summed E-state index contributed by atoms with van der Waals surface area (Å²) < 4.78 is 48.8. The van der Waals surface area contributed by atoms with E-state index >= 15 is 0 Å². The third kappa shape index (κ3) is 5.22. The number of halogens is 1. The Kier molecular flexibility index (Phi) is 8.42. The van der Waals surface area contributed by atoms with Crippen LogP contribution < -0.4 is 0 Å². The van der Waals surface area contributed by atoms with E-state index in [1.54, 1.807) is 7.05 Å². The zero-order valence-electron chi connectivity index (χ0n) is 12.6. The molecule has 9 nitrogen and oxygen atoms in total. The number of hydrogen-bond donors (Lipinski definition) is 1. The Morgan fingerprint density at radius 2 is 2.23 bits per heavy atom. The third-order valence-corrected chi connectivity index (χ3v) is 7.46. The quantitative estimate of drug-likeness (QED) is 0.193. The van der Waals surface area contributed by atoms with E-state index in [0.717, 1.165) is 0 Å². The summed E-state index contributed by atoms with van der Waals surface area (Å²) in [5.41, 5.74) is 0. The Morgan fingerprint density at radius 3 is 2.77 bits per heavy atom. The van der Waals surface area contributed by atoms with Gasteiger partial charge in [0.15, 0.2) is 6.23 Å². The minimum absolute atomic E-state index is 0.0195. The monoisotopic (exact) mass is 424 g/mol. The largest absolute Gasteiger partial charge is 0.348 e. The summed E-state index contributed by atoms with van der Waals surface area (Å²) in [4.78, 5) is 4.37. The van der Waals surface area contributed by atoms with Gasteiger partial charge in [-0.1, -0.05) is 15.9 Å². The van der Waals surface area contributed by atoms with E-state index in [2.05, 4.69) is 20.8 Å². The topological polar surface area (TPSA) is 106 Å². The van der Waals surface area contributed by atoms with Gasteiger partial charge in [-0.15, -0.1) is 0 Å². The number of alkyl halides is 1. The second-order valence-electron chi connectivity index (χ2n) is 4.57. The van der Waals surface area contributed by atoms with Crippen molar-refractivity contribution in [3.63, 3.8) is 0 Å². The summed E-state index contributed by atoms with van der Waals surface area (Å²) in [6.07, 6.45) is -0.534. The maximum Gasteiger partial charge on any atom is 0.348 e. The lowest BCUT2D eigenvalue weighted by molar-refractivity contribution is -0.309. The lowest BCUT2D eigenvalue weighted by Gasteiger charge is -2.42. The van der Waals surface area contributed by atoms with Gasteiger partial charge in [0.2, 0.25) is 0 Å². The Balaban J connectivity index is 2.83. The van der Waals surface area contributed by atoms with Crippen LogP contribution in [0, 0.1) is 0 Å². The van der Waals surface area contributed by atoms with Gasteiger partial charge in [0.05, 0.1) is 19.0 Å². The predicted octanol–water partition coefficient (Wildman–Crippen LogP) is 1.33. The van der Waals surface area contributed by atoms with Gasteiger partial charge >= 0.3 is 7.67 Å². The Morgan fingerprint density at radius 1 is 1.55 bits per heavy atom. The molecule has 0 aromatic rings. The van der Waals surface area contributed by atoms with Crippen LogP contribution in [0.5, 0.6) is 0 Å². The van der Waals surface area contributed by atoms with E-state index in [1.165, 1.54) is 16.3 Å². The van der Waals surface area contributed by atoms with Crippen molar-refractivity contribution in [3.05, 3.63) is 0 Å². The molecule has 0 amide bonds. The van der Waals surface area contributed by atoms with Crippen molar-refractivity contribution in [1.29, 1.82) is 0 Å². The molecular weight excluding hydrogens is 403 g/mol.